The molecule has 0 aliphatic carbocycles. The van der Waals surface area contributed by atoms with E-state index in [4.69, 9.17) is 0 Å². The first-order valence-electron chi connectivity index (χ1n) is 3.48. The lowest BCUT2D eigenvalue weighted by Crippen LogP contribution is -2.08. The van der Waals surface area contributed by atoms with Crippen LogP contribution in [0.4, 0.5) is 13.2 Å². The summed E-state index contributed by atoms with van der Waals surface area (Å²) in [5.41, 5.74) is -0.892. The van der Waals surface area contributed by atoms with E-state index in [-0.39, 0.29) is 10.4 Å². The van der Waals surface area contributed by atoms with Crippen molar-refractivity contribution in [1.29, 1.82) is 0 Å². The Morgan fingerprint density at radius 1 is 1.43 bits per heavy atom. The van der Waals surface area contributed by atoms with E-state index < -0.39 is 11.9 Å². The maximum absolute atomic E-state index is 12.2. The lowest BCUT2D eigenvalue weighted by atomic mass is 10.4. The van der Waals surface area contributed by atoms with Crippen LogP contribution >= 0.6 is 12.2 Å². The van der Waals surface area contributed by atoms with Crippen LogP contribution in [-0.2, 0) is 6.18 Å². The molecule has 1 N–H and O–H groups in total. The van der Waals surface area contributed by atoms with Gasteiger partial charge in [0.2, 0.25) is 4.77 Å². The van der Waals surface area contributed by atoms with Crippen molar-refractivity contribution in [2.45, 2.75) is 6.18 Å². The van der Waals surface area contributed by atoms with E-state index in [1.165, 1.54) is 4.52 Å². The van der Waals surface area contributed by atoms with Gasteiger partial charge in [-0.25, -0.2) is 9.50 Å². The summed E-state index contributed by atoms with van der Waals surface area (Å²) in [7, 11) is 0. The van der Waals surface area contributed by atoms with Crippen molar-refractivity contribution < 1.29 is 13.2 Å². The molecule has 0 saturated carbocycles. The molecule has 0 amide bonds. The predicted molar refractivity (Wildman–Crippen MR) is 43.2 cm³/mol. The number of halogens is 3. The minimum absolute atomic E-state index is 0.0947. The normalized spacial score (nSPS) is 12.2. The van der Waals surface area contributed by atoms with Crippen LogP contribution < -0.4 is 0 Å². The SMILES string of the molecule is FC(F)(F)c1cc2nc(=S)[nH]n2cn1. The third-order valence-electron chi connectivity index (χ3n) is 1.55. The molecule has 0 radical (unpaired) electrons. The molecule has 0 atom stereocenters. The van der Waals surface area contributed by atoms with E-state index >= 15 is 0 Å². The lowest BCUT2D eigenvalue weighted by molar-refractivity contribution is -0.141. The number of aromatic nitrogens is 4. The van der Waals surface area contributed by atoms with Gasteiger partial charge in [-0.05, 0) is 12.2 Å². The molecule has 0 saturated heterocycles. The van der Waals surface area contributed by atoms with Crippen molar-refractivity contribution >= 4 is 17.9 Å². The van der Waals surface area contributed by atoms with Gasteiger partial charge in [-0.15, -0.1) is 0 Å². The van der Waals surface area contributed by atoms with Crippen molar-refractivity contribution in [2.24, 2.45) is 0 Å². The van der Waals surface area contributed by atoms with Gasteiger partial charge >= 0.3 is 6.18 Å². The largest absolute Gasteiger partial charge is 0.433 e. The minimum Gasteiger partial charge on any atom is -0.265 e. The van der Waals surface area contributed by atoms with Gasteiger partial charge in [-0.2, -0.15) is 18.2 Å². The van der Waals surface area contributed by atoms with Crippen LogP contribution in [0.5, 0.6) is 0 Å². The maximum atomic E-state index is 12.2. The molecular formula is C6H3F3N4S. The van der Waals surface area contributed by atoms with Gasteiger partial charge < -0.3 is 0 Å². The van der Waals surface area contributed by atoms with E-state index in [9.17, 15) is 13.2 Å². The molecule has 2 aromatic rings. The van der Waals surface area contributed by atoms with E-state index in [0.717, 1.165) is 12.4 Å². The van der Waals surface area contributed by atoms with Gasteiger partial charge in [0.05, 0.1) is 0 Å². The standard InChI is InChI=1S/C6H3F3N4S/c7-6(8,9)3-1-4-11-5(14)12-13(4)2-10-3/h1-2H,(H,12,14). The molecule has 4 nitrogen and oxygen atoms in total. The number of aromatic amines is 1. The third kappa shape index (κ3) is 1.48. The van der Waals surface area contributed by atoms with Gasteiger partial charge in [0.25, 0.3) is 0 Å². The molecule has 2 heterocycles. The van der Waals surface area contributed by atoms with Crippen LogP contribution in [0.1, 0.15) is 5.69 Å². The molecule has 0 spiro atoms. The smallest absolute Gasteiger partial charge is 0.265 e. The van der Waals surface area contributed by atoms with E-state index in [1.54, 1.807) is 0 Å². The Kier molecular flexibility index (Phi) is 1.81. The molecule has 0 unspecified atom stereocenters. The molecular weight excluding hydrogens is 217 g/mol. The summed E-state index contributed by atoms with van der Waals surface area (Å²) in [6.45, 7) is 0. The minimum atomic E-state index is -4.46. The quantitative estimate of drug-likeness (QED) is 0.688. The fourth-order valence-electron chi connectivity index (χ4n) is 0.968. The highest BCUT2D eigenvalue weighted by atomic mass is 32.1. The first kappa shape index (κ1) is 9.13. The number of rotatable bonds is 0. The van der Waals surface area contributed by atoms with Crippen LogP contribution in [0, 0.1) is 4.77 Å². The number of fused-ring (bicyclic) bond motifs is 1. The summed E-state index contributed by atoms with van der Waals surface area (Å²) in [6, 6.07) is 0.826. The van der Waals surface area contributed by atoms with Crippen molar-refractivity contribution in [3.63, 3.8) is 0 Å². The highest BCUT2D eigenvalue weighted by Gasteiger charge is 2.32. The summed E-state index contributed by atoms with van der Waals surface area (Å²) in [4.78, 5) is 6.88. The van der Waals surface area contributed by atoms with Crippen LogP contribution in [-0.4, -0.2) is 19.6 Å². The molecule has 14 heavy (non-hydrogen) atoms. The molecule has 0 fully saturated rings. The van der Waals surface area contributed by atoms with Crippen molar-refractivity contribution in [2.75, 3.05) is 0 Å². The Labute approximate surface area is 80.4 Å². The Hall–Kier alpha value is -1.44. The first-order valence-corrected chi connectivity index (χ1v) is 3.89. The van der Waals surface area contributed by atoms with E-state index in [1.807, 2.05) is 0 Å². The van der Waals surface area contributed by atoms with Gasteiger partial charge in [0, 0.05) is 6.07 Å². The van der Waals surface area contributed by atoms with Gasteiger partial charge in [0.15, 0.2) is 5.65 Å². The Morgan fingerprint density at radius 2 is 2.14 bits per heavy atom. The van der Waals surface area contributed by atoms with Crippen molar-refractivity contribution in [3.8, 4) is 0 Å². The van der Waals surface area contributed by atoms with Crippen molar-refractivity contribution in [3.05, 3.63) is 22.9 Å². The molecule has 74 valence electrons. The second-order valence-corrected chi connectivity index (χ2v) is 2.92. The molecule has 0 aliphatic heterocycles. The number of hydrogen-bond acceptors (Lipinski definition) is 3. The zero-order valence-electron chi connectivity index (χ0n) is 6.54. The molecule has 2 rings (SSSR count). The summed E-state index contributed by atoms with van der Waals surface area (Å²) < 4.78 is 37.9. The topological polar surface area (TPSA) is 46.0 Å². The Morgan fingerprint density at radius 3 is 2.79 bits per heavy atom. The summed E-state index contributed by atoms with van der Waals surface area (Å²) in [5, 5.41) is 2.53. The highest BCUT2D eigenvalue weighted by Crippen LogP contribution is 2.27. The first-order chi connectivity index (χ1) is 6.47. The molecule has 0 bridgehead atoms. The fourth-order valence-corrected chi connectivity index (χ4v) is 1.16. The zero-order chi connectivity index (χ0) is 10.3. The summed E-state index contributed by atoms with van der Waals surface area (Å²) in [5.74, 6) is 0. The van der Waals surface area contributed by atoms with E-state index in [0.29, 0.717) is 0 Å². The number of hydrogen-bond donors (Lipinski definition) is 1. The number of nitrogens with zero attached hydrogens (tertiary/aromatic N) is 3. The second-order valence-electron chi connectivity index (χ2n) is 2.53. The zero-order valence-corrected chi connectivity index (χ0v) is 7.35. The second kappa shape index (κ2) is 2.77. The summed E-state index contributed by atoms with van der Waals surface area (Å²) >= 11 is 4.65. The van der Waals surface area contributed by atoms with Crippen molar-refractivity contribution in [1.82, 2.24) is 19.6 Å². The van der Waals surface area contributed by atoms with Gasteiger partial charge in [-0.1, -0.05) is 0 Å². The highest BCUT2D eigenvalue weighted by molar-refractivity contribution is 7.71. The average Bonchev–Trinajstić information content (AvgIpc) is 2.41. The molecule has 8 heteroatoms. The predicted octanol–water partition coefficient (Wildman–Crippen LogP) is 1.81. The number of alkyl halides is 3. The Balaban J connectivity index is 2.67. The van der Waals surface area contributed by atoms with E-state index in [2.05, 4.69) is 27.3 Å². The number of nitrogens with one attached hydrogen (secondary N) is 1. The fraction of sp³-hybridized carbons (Fsp3) is 0.167. The van der Waals surface area contributed by atoms with Crippen LogP contribution in [0.2, 0.25) is 0 Å². The van der Waals surface area contributed by atoms with Crippen LogP contribution in [0.15, 0.2) is 12.4 Å². The van der Waals surface area contributed by atoms with Gasteiger partial charge in [0.1, 0.15) is 12.0 Å². The average molecular weight is 220 g/mol. The summed E-state index contributed by atoms with van der Waals surface area (Å²) in [6.07, 6.45) is -3.48. The number of H-pyrrole nitrogens is 1. The van der Waals surface area contributed by atoms with Gasteiger partial charge in [-0.3, -0.25) is 5.10 Å². The van der Waals surface area contributed by atoms with Crippen LogP contribution in [0.25, 0.3) is 5.65 Å². The molecule has 0 aromatic carbocycles. The molecule has 2 aromatic heterocycles. The third-order valence-corrected chi connectivity index (χ3v) is 1.73. The Bertz CT molecular complexity index is 526. The molecule has 0 aliphatic rings. The lowest BCUT2D eigenvalue weighted by Gasteiger charge is -2.04. The maximum Gasteiger partial charge on any atom is 0.433 e. The van der Waals surface area contributed by atoms with Crippen LogP contribution in [0.3, 0.4) is 0 Å². The monoisotopic (exact) mass is 220 g/mol.